The molecule has 1 aliphatic carbocycles. The molecule has 1 amide bonds. The number of hydrogen-bond acceptors (Lipinski definition) is 3. The van der Waals surface area contributed by atoms with Gasteiger partial charge in [0.15, 0.2) is 0 Å². The van der Waals surface area contributed by atoms with Crippen LogP contribution in [-0.4, -0.2) is 22.4 Å². The highest BCUT2D eigenvalue weighted by molar-refractivity contribution is 9.10. The number of benzene rings is 2. The fraction of sp³-hybridized carbons (Fsp3) is 0.360. The number of carbonyl (C=O) groups excluding carboxylic acids is 1. The van der Waals surface area contributed by atoms with E-state index in [0.717, 1.165) is 52.8 Å². The Morgan fingerprint density at radius 1 is 1.10 bits per heavy atom. The van der Waals surface area contributed by atoms with Gasteiger partial charge in [0.2, 0.25) is 5.91 Å². The summed E-state index contributed by atoms with van der Waals surface area (Å²) in [6.45, 7) is 0.716. The molecule has 0 aliphatic heterocycles. The van der Waals surface area contributed by atoms with Gasteiger partial charge in [0.1, 0.15) is 5.82 Å². The van der Waals surface area contributed by atoms with Gasteiger partial charge in [0.05, 0.1) is 11.7 Å². The first kappa shape index (κ1) is 21.8. The average molecular weight is 481 g/mol. The van der Waals surface area contributed by atoms with Crippen LogP contribution in [0.5, 0.6) is 0 Å². The number of aromatic nitrogens is 2. The Balaban J connectivity index is 1.54. The number of amides is 1. The lowest BCUT2D eigenvalue weighted by Gasteiger charge is -2.28. The van der Waals surface area contributed by atoms with Crippen LogP contribution in [0.3, 0.4) is 0 Å². The lowest BCUT2D eigenvalue weighted by Crippen LogP contribution is -2.37. The van der Waals surface area contributed by atoms with E-state index in [1.54, 1.807) is 0 Å². The second-order valence-corrected chi connectivity index (χ2v) is 9.20. The van der Waals surface area contributed by atoms with Crippen LogP contribution in [0, 0.1) is 11.8 Å². The Hall–Kier alpha value is -2.44. The summed E-state index contributed by atoms with van der Waals surface area (Å²) in [7, 11) is 0. The van der Waals surface area contributed by atoms with Crippen molar-refractivity contribution in [3.05, 3.63) is 76.7 Å². The van der Waals surface area contributed by atoms with E-state index < -0.39 is 0 Å². The molecule has 1 unspecified atom stereocenters. The number of hydrogen-bond donors (Lipinski definition) is 3. The van der Waals surface area contributed by atoms with Gasteiger partial charge in [-0.3, -0.25) is 4.79 Å². The summed E-state index contributed by atoms with van der Waals surface area (Å²) in [5.74, 6) is 1.50. The average Bonchev–Trinajstić information content (AvgIpc) is 3.31. The number of imidazole rings is 1. The minimum absolute atomic E-state index is 0.0491. The molecule has 31 heavy (non-hydrogen) atoms. The topological polar surface area (TPSA) is 83.8 Å². The minimum Gasteiger partial charge on any atom is -0.346 e. The molecule has 4 N–H and O–H groups in total. The molecule has 1 aliphatic rings. The minimum atomic E-state index is -0.226. The van der Waals surface area contributed by atoms with Crippen molar-refractivity contribution < 1.29 is 4.79 Å². The second-order valence-electron chi connectivity index (χ2n) is 8.35. The Morgan fingerprint density at radius 3 is 2.52 bits per heavy atom. The molecule has 1 atom stereocenters. The molecule has 1 fully saturated rings. The van der Waals surface area contributed by atoms with Gasteiger partial charge >= 0.3 is 0 Å². The summed E-state index contributed by atoms with van der Waals surface area (Å²) >= 11 is 3.64. The molecule has 1 saturated carbocycles. The van der Waals surface area contributed by atoms with Gasteiger partial charge in [0, 0.05) is 28.6 Å². The summed E-state index contributed by atoms with van der Waals surface area (Å²) in [5, 5.41) is 3.29. The van der Waals surface area contributed by atoms with Gasteiger partial charge in [-0.2, -0.15) is 0 Å². The number of carbonyl (C=O) groups is 1. The molecule has 4 rings (SSSR count). The Morgan fingerprint density at radius 2 is 1.81 bits per heavy atom. The SMILES string of the molecule is NC[C@H]1CC[C@H](C(=O)NC(Cc2ccccc2Br)c2nc(-c3ccccc3)c[nH]2)CC1. The molecular formula is C25H29BrN4O. The maximum absolute atomic E-state index is 13.1. The molecule has 1 aromatic heterocycles. The van der Waals surface area contributed by atoms with E-state index in [9.17, 15) is 4.79 Å². The zero-order valence-corrected chi connectivity index (χ0v) is 19.1. The monoisotopic (exact) mass is 480 g/mol. The fourth-order valence-electron chi connectivity index (χ4n) is 4.32. The van der Waals surface area contributed by atoms with Crippen LogP contribution in [0.2, 0.25) is 0 Å². The molecule has 0 saturated heterocycles. The van der Waals surface area contributed by atoms with Crippen LogP contribution in [0.15, 0.2) is 65.3 Å². The zero-order chi connectivity index (χ0) is 21.6. The van der Waals surface area contributed by atoms with E-state index in [2.05, 4.69) is 32.3 Å². The van der Waals surface area contributed by atoms with Crippen molar-refractivity contribution in [2.45, 2.75) is 38.1 Å². The summed E-state index contributed by atoms with van der Waals surface area (Å²) in [6, 6.07) is 18.0. The molecule has 2 aromatic carbocycles. The first-order valence-corrected chi connectivity index (χ1v) is 11.8. The molecule has 1 heterocycles. The van der Waals surface area contributed by atoms with Crippen molar-refractivity contribution in [1.82, 2.24) is 15.3 Å². The highest BCUT2D eigenvalue weighted by Crippen LogP contribution is 2.30. The van der Waals surface area contributed by atoms with Gasteiger partial charge < -0.3 is 16.0 Å². The smallest absolute Gasteiger partial charge is 0.223 e. The lowest BCUT2D eigenvalue weighted by atomic mass is 9.81. The number of H-pyrrole nitrogens is 1. The molecule has 3 aromatic rings. The number of nitrogens with two attached hydrogens (primary N) is 1. The third kappa shape index (κ3) is 5.43. The van der Waals surface area contributed by atoms with Crippen LogP contribution < -0.4 is 11.1 Å². The number of halogens is 1. The van der Waals surface area contributed by atoms with Crippen LogP contribution in [-0.2, 0) is 11.2 Å². The van der Waals surface area contributed by atoms with Crippen LogP contribution in [0.4, 0.5) is 0 Å². The van der Waals surface area contributed by atoms with E-state index in [1.165, 1.54) is 0 Å². The normalized spacial score (nSPS) is 19.7. The predicted octanol–water partition coefficient (Wildman–Crippen LogP) is 5.00. The summed E-state index contributed by atoms with van der Waals surface area (Å²) in [5.41, 5.74) is 8.88. The van der Waals surface area contributed by atoms with Crippen molar-refractivity contribution in [2.75, 3.05) is 6.54 Å². The van der Waals surface area contributed by atoms with Crippen LogP contribution in [0.1, 0.15) is 43.1 Å². The van der Waals surface area contributed by atoms with Gasteiger partial charge in [-0.05, 0) is 49.8 Å². The number of aromatic amines is 1. The fourth-order valence-corrected chi connectivity index (χ4v) is 4.77. The Bertz CT molecular complexity index is 996. The van der Waals surface area contributed by atoms with E-state index in [0.29, 0.717) is 18.9 Å². The number of nitrogens with zero attached hydrogens (tertiary/aromatic N) is 1. The van der Waals surface area contributed by atoms with E-state index in [1.807, 2.05) is 54.7 Å². The van der Waals surface area contributed by atoms with Gasteiger partial charge in [-0.1, -0.05) is 64.5 Å². The van der Waals surface area contributed by atoms with Crippen molar-refractivity contribution in [3.63, 3.8) is 0 Å². The Labute approximate surface area is 192 Å². The van der Waals surface area contributed by atoms with E-state index in [4.69, 9.17) is 10.7 Å². The predicted molar refractivity (Wildman–Crippen MR) is 127 cm³/mol. The molecular weight excluding hydrogens is 452 g/mol. The first-order chi connectivity index (χ1) is 15.1. The zero-order valence-electron chi connectivity index (χ0n) is 17.6. The third-order valence-electron chi connectivity index (χ3n) is 6.25. The maximum atomic E-state index is 13.1. The largest absolute Gasteiger partial charge is 0.346 e. The highest BCUT2D eigenvalue weighted by Gasteiger charge is 2.28. The molecule has 0 radical (unpaired) electrons. The second kappa shape index (κ2) is 10.2. The maximum Gasteiger partial charge on any atom is 0.223 e. The highest BCUT2D eigenvalue weighted by atomic mass is 79.9. The summed E-state index contributed by atoms with van der Waals surface area (Å²) in [4.78, 5) is 21.3. The number of rotatable bonds is 7. The third-order valence-corrected chi connectivity index (χ3v) is 7.02. The molecule has 5 nitrogen and oxygen atoms in total. The van der Waals surface area contributed by atoms with Gasteiger partial charge in [0.25, 0.3) is 0 Å². The quantitative estimate of drug-likeness (QED) is 0.444. The summed E-state index contributed by atoms with van der Waals surface area (Å²) in [6.07, 6.45) is 6.44. The molecule has 0 spiro atoms. The first-order valence-electron chi connectivity index (χ1n) is 11.0. The van der Waals surface area contributed by atoms with Crippen LogP contribution >= 0.6 is 15.9 Å². The van der Waals surface area contributed by atoms with Crippen molar-refractivity contribution in [1.29, 1.82) is 0 Å². The molecule has 6 heteroatoms. The van der Waals surface area contributed by atoms with E-state index in [-0.39, 0.29) is 17.9 Å². The molecule has 162 valence electrons. The van der Waals surface area contributed by atoms with Gasteiger partial charge in [-0.15, -0.1) is 0 Å². The van der Waals surface area contributed by atoms with Crippen molar-refractivity contribution in [3.8, 4) is 11.3 Å². The van der Waals surface area contributed by atoms with Crippen molar-refractivity contribution >= 4 is 21.8 Å². The lowest BCUT2D eigenvalue weighted by molar-refractivity contribution is -0.127. The van der Waals surface area contributed by atoms with Gasteiger partial charge in [-0.25, -0.2) is 4.98 Å². The van der Waals surface area contributed by atoms with Crippen LogP contribution in [0.25, 0.3) is 11.3 Å². The molecule has 0 bridgehead atoms. The summed E-state index contributed by atoms with van der Waals surface area (Å²) < 4.78 is 1.03. The standard InChI is InChI=1S/C25H29BrN4O/c26-21-9-5-4-8-20(21)14-22(30-25(31)19-12-10-17(15-27)11-13-19)24-28-16-23(29-24)18-6-2-1-3-7-18/h1-9,16-17,19,22H,10-15,27H2,(H,28,29)(H,30,31)/t17-,19-,22?. The van der Waals surface area contributed by atoms with Crippen molar-refractivity contribution in [2.24, 2.45) is 17.6 Å². The van der Waals surface area contributed by atoms with E-state index >= 15 is 0 Å². The Kier molecular flexibility index (Phi) is 7.20. The number of nitrogens with one attached hydrogen (secondary N) is 2.